The van der Waals surface area contributed by atoms with Gasteiger partial charge in [0.1, 0.15) is 17.4 Å². The molecule has 0 radical (unpaired) electrons. The molecule has 1 aromatic heterocycles. The summed E-state index contributed by atoms with van der Waals surface area (Å²) < 4.78 is 6.66. The molecule has 1 heterocycles. The van der Waals surface area contributed by atoms with Gasteiger partial charge in [0.05, 0.1) is 5.02 Å². The van der Waals surface area contributed by atoms with E-state index in [1.54, 1.807) is 6.07 Å². The van der Waals surface area contributed by atoms with Gasteiger partial charge < -0.3 is 10.1 Å². The predicted octanol–water partition coefficient (Wildman–Crippen LogP) is 5.16. The van der Waals surface area contributed by atoms with Crippen molar-refractivity contribution in [3.8, 4) is 5.88 Å². The Bertz CT molecular complexity index is 608. The first-order valence-corrected chi connectivity index (χ1v) is 7.62. The van der Waals surface area contributed by atoms with Gasteiger partial charge in [-0.15, -0.1) is 0 Å². The summed E-state index contributed by atoms with van der Waals surface area (Å²) in [6, 6.07) is 9.49. The molecule has 0 aliphatic heterocycles. The number of hydrogen-bond donors (Lipinski definition) is 1. The van der Waals surface area contributed by atoms with Gasteiger partial charge in [0.25, 0.3) is 0 Å². The predicted molar refractivity (Wildman–Crippen MR) is 86.9 cm³/mol. The summed E-state index contributed by atoms with van der Waals surface area (Å²) in [5.74, 6) is 0.940. The molecule has 1 aromatic carbocycles. The van der Waals surface area contributed by atoms with E-state index in [2.05, 4.69) is 26.2 Å². The van der Waals surface area contributed by atoms with Crippen LogP contribution in [0.1, 0.15) is 12.5 Å². The topological polar surface area (TPSA) is 34.2 Å². The molecule has 20 heavy (non-hydrogen) atoms. The number of benzene rings is 1. The van der Waals surface area contributed by atoms with Gasteiger partial charge in [-0.3, -0.25) is 0 Å². The average molecular weight is 376 g/mol. The van der Waals surface area contributed by atoms with E-state index < -0.39 is 0 Å². The number of nitrogens with zero attached hydrogens (tertiary/aromatic N) is 1. The van der Waals surface area contributed by atoms with Crippen LogP contribution < -0.4 is 10.1 Å². The minimum Gasteiger partial charge on any atom is -0.472 e. The third-order valence-electron chi connectivity index (χ3n) is 2.51. The Morgan fingerprint density at radius 3 is 2.75 bits per heavy atom. The minimum absolute atomic E-state index is 0.368. The normalized spacial score (nSPS) is 10.4. The van der Waals surface area contributed by atoms with Crippen molar-refractivity contribution < 1.29 is 4.74 Å². The molecule has 0 aliphatic carbocycles. The summed E-state index contributed by atoms with van der Waals surface area (Å²) in [7, 11) is 0. The average Bonchev–Trinajstić information content (AvgIpc) is 2.41. The smallest absolute Gasteiger partial charge is 0.234 e. The van der Waals surface area contributed by atoms with Gasteiger partial charge in [-0.1, -0.05) is 51.3 Å². The molecule has 106 valence electrons. The molecule has 0 amide bonds. The molecule has 0 aliphatic rings. The van der Waals surface area contributed by atoms with Gasteiger partial charge in [0.15, 0.2) is 0 Å². The van der Waals surface area contributed by atoms with Crippen LogP contribution in [0.25, 0.3) is 0 Å². The highest BCUT2D eigenvalue weighted by atomic mass is 79.9. The van der Waals surface area contributed by atoms with Crippen molar-refractivity contribution in [2.75, 3.05) is 11.9 Å². The fourth-order valence-electron chi connectivity index (χ4n) is 1.62. The first-order valence-electron chi connectivity index (χ1n) is 6.07. The molecule has 6 heteroatoms. The first kappa shape index (κ1) is 15.4. The molecule has 0 saturated carbocycles. The largest absolute Gasteiger partial charge is 0.472 e. The summed E-state index contributed by atoms with van der Waals surface area (Å²) in [6.45, 7) is 3.08. The van der Waals surface area contributed by atoms with Crippen molar-refractivity contribution in [1.29, 1.82) is 0 Å². The van der Waals surface area contributed by atoms with Crippen molar-refractivity contribution >= 4 is 44.9 Å². The molecule has 0 spiro atoms. The molecule has 0 fully saturated rings. The fraction of sp³-hybridized carbons (Fsp3) is 0.214. The van der Waals surface area contributed by atoms with E-state index in [0.717, 1.165) is 16.6 Å². The maximum absolute atomic E-state index is 6.09. The number of nitrogens with one attached hydrogen (secondary N) is 1. The molecule has 2 rings (SSSR count). The van der Waals surface area contributed by atoms with E-state index in [-0.39, 0.29) is 0 Å². The van der Waals surface area contributed by atoms with Crippen molar-refractivity contribution in [3.05, 3.63) is 50.4 Å². The van der Waals surface area contributed by atoms with Crippen LogP contribution in [0.15, 0.2) is 34.8 Å². The third-order valence-corrected chi connectivity index (χ3v) is 3.56. The second-order valence-corrected chi connectivity index (χ2v) is 5.78. The highest BCUT2D eigenvalue weighted by Gasteiger charge is 2.10. The molecule has 0 bridgehead atoms. The summed E-state index contributed by atoms with van der Waals surface area (Å²) in [5, 5.41) is 3.93. The van der Waals surface area contributed by atoms with Gasteiger partial charge in [-0.05, 0) is 30.7 Å². The number of halogens is 3. The monoisotopic (exact) mass is 374 g/mol. The number of rotatable bonds is 5. The molecular formula is C14H13BrCl2N2O. The lowest BCUT2D eigenvalue weighted by Crippen LogP contribution is -2.03. The summed E-state index contributed by atoms with van der Waals surface area (Å²) in [6.07, 6.45) is 0. The Balaban J connectivity index is 2.14. The van der Waals surface area contributed by atoms with Crippen LogP contribution in [0.2, 0.25) is 10.0 Å². The van der Waals surface area contributed by atoms with Crippen LogP contribution in [-0.4, -0.2) is 11.5 Å². The molecule has 3 nitrogen and oxygen atoms in total. The fourth-order valence-corrected chi connectivity index (χ4v) is 2.55. The van der Waals surface area contributed by atoms with Crippen LogP contribution in [0.4, 0.5) is 5.82 Å². The zero-order chi connectivity index (χ0) is 14.5. The Labute approximate surface area is 136 Å². The quantitative estimate of drug-likeness (QED) is 0.783. The first-order chi connectivity index (χ1) is 9.60. The summed E-state index contributed by atoms with van der Waals surface area (Å²) in [4.78, 5) is 4.29. The Morgan fingerprint density at radius 1 is 1.25 bits per heavy atom. The maximum Gasteiger partial charge on any atom is 0.234 e. The standard InChI is InChI=1S/C14H13BrCl2N2O/c1-2-18-13-11(16)7-12(17)14(19-13)20-8-9-4-3-5-10(15)6-9/h3-7H,2,8H2,1H3,(H,18,19). The van der Waals surface area contributed by atoms with Crippen LogP contribution in [0.3, 0.4) is 0 Å². The van der Waals surface area contributed by atoms with Gasteiger partial charge in [-0.25, -0.2) is 0 Å². The third kappa shape index (κ3) is 4.01. The van der Waals surface area contributed by atoms with Crippen LogP contribution in [0, 0.1) is 0 Å². The number of hydrogen-bond acceptors (Lipinski definition) is 3. The lowest BCUT2D eigenvalue weighted by atomic mass is 10.2. The van der Waals surface area contributed by atoms with E-state index >= 15 is 0 Å². The Hall–Kier alpha value is -0.970. The van der Waals surface area contributed by atoms with Crippen molar-refractivity contribution in [3.63, 3.8) is 0 Å². The minimum atomic E-state index is 0.368. The van der Waals surface area contributed by atoms with Crippen molar-refractivity contribution in [1.82, 2.24) is 4.98 Å². The summed E-state index contributed by atoms with van der Waals surface area (Å²) in [5.41, 5.74) is 1.03. The Kier molecular flexibility index (Phi) is 5.52. The van der Waals surface area contributed by atoms with Gasteiger partial charge >= 0.3 is 0 Å². The Morgan fingerprint density at radius 2 is 2.05 bits per heavy atom. The molecule has 0 saturated heterocycles. The second kappa shape index (κ2) is 7.16. The van der Waals surface area contributed by atoms with Crippen LogP contribution in [0.5, 0.6) is 5.88 Å². The van der Waals surface area contributed by atoms with Gasteiger partial charge in [0.2, 0.25) is 5.88 Å². The number of pyridine rings is 1. The number of anilines is 1. The molecule has 1 N–H and O–H groups in total. The molecule has 2 aromatic rings. The zero-order valence-electron chi connectivity index (χ0n) is 10.8. The van der Waals surface area contributed by atoms with E-state index in [4.69, 9.17) is 27.9 Å². The van der Waals surface area contributed by atoms with Crippen molar-refractivity contribution in [2.24, 2.45) is 0 Å². The number of ether oxygens (including phenoxy) is 1. The molecule has 0 unspecified atom stereocenters. The lowest BCUT2D eigenvalue weighted by Gasteiger charge is -2.11. The second-order valence-electron chi connectivity index (χ2n) is 4.05. The number of aromatic nitrogens is 1. The zero-order valence-corrected chi connectivity index (χ0v) is 13.9. The maximum atomic E-state index is 6.09. The highest BCUT2D eigenvalue weighted by Crippen LogP contribution is 2.31. The van der Waals surface area contributed by atoms with E-state index in [9.17, 15) is 0 Å². The van der Waals surface area contributed by atoms with Crippen LogP contribution in [-0.2, 0) is 6.61 Å². The summed E-state index contributed by atoms with van der Waals surface area (Å²) >= 11 is 15.6. The van der Waals surface area contributed by atoms with E-state index in [1.165, 1.54) is 0 Å². The van der Waals surface area contributed by atoms with E-state index in [1.807, 2.05) is 31.2 Å². The molecular weight excluding hydrogens is 363 g/mol. The van der Waals surface area contributed by atoms with E-state index in [0.29, 0.717) is 28.3 Å². The van der Waals surface area contributed by atoms with Crippen LogP contribution >= 0.6 is 39.1 Å². The highest BCUT2D eigenvalue weighted by molar-refractivity contribution is 9.10. The van der Waals surface area contributed by atoms with Crippen molar-refractivity contribution in [2.45, 2.75) is 13.5 Å². The molecule has 0 atom stereocenters. The SMILES string of the molecule is CCNc1nc(OCc2cccc(Br)c2)c(Cl)cc1Cl. The van der Waals surface area contributed by atoms with Gasteiger partial charge in [0, 0.05) is 11.0 Å². The van der Waals surface area contributed by atoms with Gasteiger partial charge in [-0.2, -0.15) is 4.98 Å². The lowest BCUT2D eigenvalue weighted by molar-refractivity contribution is 0.294.